The van der Waals surface area contributed by atoms with E-state index in [1.54, 1.807) is 6.07 Å². The fourth-order valence-electron chi connectivity index (χ4n) is 2.48. The second-order valence-corrected chi connectivity index (χ2v) is 5.67. The van der Waals surface area contributed by atoms with Gasteiger partial charge in [-0.15, -0.1) is 5.10 Å². The van der Waals surface area contributed by atoms with Crippen LogP contribution in [-0.4, -0.2) is 38.5 Å². The minimum Gasteiger partial charge on any atom is -0.476 e. The number of nitrogens with one attached hydrogen (secondary N) is 1. The predicted octanol–water partition coefficient (Wildman–Crippen LogP) is 0.963. The minimum atomic E-state index is -1.19. The van der Waals surface area contributed by atoms with Crippen molar-refractivity contribution in [1.29, 1.82) is 0 Å². The summed E-state index contributed by atoms with van der Waals surface area (Å²) in [6, 6.07) is 6.41. The Hall–Kier alpha value is -2.77. The molecular formula is C15H15FN4O3. The first-order valence-electron chi connectivity index (χ1n) is 7.15. The van der Waals surface area contributed by atoms with E-state index in [4.69, 9.17) is 5.11 Å². The number of aromatic nitrogens is 3. The molecule has 23 heavy (non-hydrogen) atoms. The fraction of sp³-hybridized carbons (Fsp3) is 0.333. The van der Waals surface area contributed by atoms with E-state index in [-0.39, 0.29) is 29.4 Å². The lowest BCUT2D eigenvalue weighted by Crippen LogP contribution is -2.34. The summed E-state index contributed by atoms with van der Waals surface area (Å²) < 4.78 is 14.5. The number of hydrogen-bond acceptors (Lipinski definition) is 4. The van der Waals surface area contributed by atoms with Crippen LogP contribution in [0, 0.1) is 5.82 Å². The molecule has 0 saturated heterocycles. The number of benzene rings is 1. The number of aromatic carboxylic acids is 1. The van der Waals surface area contributed by atoms with E-state index in [1.807, 2.05) is 6.07 Å². The van der Waals surface area contributed by atoms with E-state index in [0.717, 1.165) is 18.4 Å². The lowest BCUT2D eigenvalue weighted by Gasteiger charge is -2.16. The zero-order valence-electron chi connectivity index (χ0n) is 12.2. The highest BCUT2D eigenvalue weighted by atomic mass is 19.1. The number of carboxylic acid groups (broad SMARTS) is 1. The maximum Gasteiger partial charge on any atom is 0.358 e. The van der Waals surface area contributed by atoms with Gasteiger partial charge in [-0.2, -0.15) is 0 Å². The second-order valence-electron chi connectivity index (χ2n) is 5.67. The molecule has 0 bridgehead atoms. The average Bonchev–Trinajstić information content (AvgIpc) is 3.17. The van der Waals surface area contributed by atoms with Crippen LogP contribution in [0.3, 0.4) is 0 Å². The Morgan fingerprint density at radius 1 is 1.39 bits per heavy atom. The van der Waals surface area contributed by atoms with Crippen LogP contribution in [-0.2, 0) is 16.8 Å². The third-order valence-electron chi connectivity index (χ3n) is 3.98. The molecule has 1 fully saturated rings. The van der Waals surface area contributed by atoms with Crippen molar-refractivity contribution in [2.45, 2.75) is 24.8 Å². The number of carboxylic acids is 1. The highest BCUT2D eigenvalue weighted by molar-refractivity contribution is 5.84. The van der Waals surface area contributed by atoms with Crippen LogP contribution in [0.15, 0.2) is 30.5 Å². The smallest absolute Gasteiger partial charge is 0.358 e. The van der Waals surface area contributed by atoms with Gasteiger partial charge < -0.3 is 10.4 Å². The van der Waals surface area contributed by atoms with Gasteiger partial charge in [0.2, 0.25) is 5.91 Å². The first-order valence-corrected chi connectivity index (χ1v) is 7.15. The van der Waals surface area contributed by atoms with Gasteiger partial charge in [-0.3, -0.25) is 4.79 Å². The Balaban J connectivity index is 1.57. The van der Waals surface area contributed by atoms with Crippen molar-refractivity contribution >= 4 is 11.9 Å². The van der Waals surface area contributed by atoms with Gasteiger partial charge in [-0.1, -0.05) is 17.3 Å². The van der Waals surface area contributed by atoms with Crippen LogP contribution in [0.1, 0.15) is 28.9 Å². The van der Waals surface area contributed by atoms with Gasteiger partial charge in [-0.25, -0.2) is 13.9 Å². The third-order valence-corrected chi connectivity index (χ3v) is 3.98. The predicted molar refractivity (Wildman–Crippen MR) is 77.3 cm³/mol. The van der Waals surface area contributed by atoms with E-state index in [2.05, 4.69) is 15.6 Å². The van der Waals surface area contributed by atoms with E-state index in [0.29, 0.717) is 6.54 Å². The molecule has 0 radical (unpaired) electrons. The van der Waals surface area contributed by atoms with Crippen molar-refractivity contribution in [2.24, 2.45) is 0 Å². The molecule has 7 nitrogen and oxygen atoms in total. The molecule has 0 atom stereocenters. The number of carbonyl (C=O) groups excluding carboxylic acids is 1. The molecule has 120 valence electrons. The van der Waals surface area contributed by atoms with Crippen molar-refractivity contribution in [3.8, 4) is 0 Å². The van der Waals surface area contributed by atoms with Gasteiger partial charge in [0.1, 0.15) is 12.4 Å². The Labute approximate surface area is 131 Å². The van der Waals surface area contributed by atoms with Crippen LogP contribution < -0.4 is 5.32 Å². The molecule has 1 aromatic heterocycles. The van der Waals surface area contributed by atoms with Crippen LogP contribution in [0.4, 0.5) is 4.39 Å². The van der Waals surface area contributed by atoms with Crippen molar-refractivity contribution in [3.05, 3.63) is 47.5 Å². The SMILES string of the molecule is O=C(Cn1cc(C(=O)O)nn1)NCC1(c2cccc(F)c2)CC1. The highest BCUT2D eigenvalue weighted by Crippen LogP contribution is 2.47. The summed E-state index contributed by atoms with van der Waals surface area (Å²) in [5.74, 6) is -1.78. The Bertz CT molecular complexity index is 755. The van der Waals surface area contributed by atoms with E-state index >= 15 is 0 Å². The summed E-state index contributed by atoms with van der Waals surface area (Å²) in [6.45, 7) is 0.301. The maximum absolute atomic E-state index is 13.3. The van der Waals surface area contributed by atoms with Crippen LogP contribution in [0.25, 0.3) is 0 Å². The molecule has 0 unspecified atom stereocenters. The number of carbonyl (C=O) groups is 2. The Morgan fingerprint density at radius 2 is 2.17 bits per heavy atom. The molecule has 2 aromatic rings. The summed E-state index contributed by atoms with van der Waals surface area (Å²) >= 11 is 0. The van der Waals surface area contributed by atoms with Crippen molar-refractivity contribution in [1.82, 2.24) is 20.3 Å². The number of rotatable bonds is 6. The summed E-state index contributed by atoms with van der Waals surface area (Å²) in [7, 11) is 0. The van der Waals surface area contributed by atoms with E-state index in [9.17, 15) is 14.0 Å². The van der Waals surface area contributed by atoms with E-state index < -0.39 is 5.97 Å². The summed E-state index contributed by atoms with van der Waals surface area (Å²) in [6.07, 6.45) is 2.98. The third kappa shape index (κ3) is 3.36. The number of amides is 1. The molecule has 1 aromatic carbocycles. The molecule has 2 N–H and O–H groups in total. The summed E-state index contributed by atoms with van der Waals surface area (Å²) in [5, 5.41) is 18.6. The molecule has 3 rings (SSSR count). The molecule has 1 aliphatic carbocycles. The first-order chi connectivity index (χ1) is 11.0. The van der Waals surface area contributed by atoms with Gasteiger partial charge >= 0.3 is 5.97 Å². The molecular weight excluding hydrogens is 303 g/mol. The van der Waals surface area contributed by atoms with Crippen LogP contribution in [0.2, 0.25) is 0 Å². The average molecular weight is 318 g/mol. The van der Waals surface area contributed by atoms with Crippen LogP contribution >= 0.6 is 0 Å². The lowest BCUT2D eigenvalue weighted by molar-refractivity contribution is -0.122. The van der Waals surface area contributed by atoms with Crippen molar-refractivity contribution < 1.29 is 19.1 Å². The second kappa shape index (κ2) is 5.79. The van der Waals surface area contributed by atoms with Gasteiger partial charge in [0.25, 0.3) is 0 Å². The lowest BCUT2D eigenvalue weighted by atomic mass is 9.96. The van der Waals surface area contributed by atoms with Crippen molar-refractivity contribution in [2.75, 3.05) is 6.54 Å². The maximum atomic E-state index is 13.3. The molecule has 1 aliphatic rings. The molecule has 0 aliphatic heterocycles. The number of nitrogens with zero attached hydrogens (tertiary/aromatic N) is 3. The van der Waals surface area contributed by atoms with Gasteiger partial charge in [-0.05, 0) is 30.5 Å². The van der Waals surface area contributed by atoms with Gasteiger partial charge in [0.15, 0.2) is 5.69 Å². The summed E-state index contributed by atoms with van der Waals surface area (Å²) in [4.78, 5) is 22.6. The largest absolute Gasteiger partial charge is 0.476 e. The first kappa shape index (κ1) is 15.1. The molecule has 1 amide bonds. The molecule has 1 saturated carbocycles. The fourth-order valence-corrected chi connectivity index (χ4v) is 2.48. The summed E-state index contributed by atoms with van der Waals surface area (Å²) in [5.41, 5.74) is 0.467. The van der Waals surface area contributed by atoms with Crippen molar-refractivity contribution in [3.63, 3.8) is 0 Å². The monoisotopic (exact) mass is 318 g/mol. The zero-order chi connectivity index (χ0) is 16.4. The minimum absolute atomic E-state index is 0.112. The highest BCUT2D eigenvalue weighted by Gasteiger charge is 2.44. The molecule has 8 heteroatoms. The quantitative estimate of drug-likeness (QED) is 0.827. The molecule has 0 spiro atoms. The van der Waals surface area contributed by atoms with Gasteiger partial charge in [0, 0.05) is 12.0 Å². The Kier molecular flexibility index (Phi) is 3.81. The number of hydrogen-bond donors (Lipinski definition) is 2. The van der Waals surface area contributed by atoms with Gasteiger partial charge in [0.05, 0.1) is 6.20 Å². The zero-order valence-corrected chi connectivity index (χ0v) is 12.2. The standard InChI is InChI=1S/C15H15FN4O3/c16-11-3-1-2-10(6-11)15(4-5-15)9-17-13(21)8-20-7-12(14(22)23)18-19-20/h1-3,6-7H,4-5,8-9H2,(H,17,21)(H,22,23). The van der Waals surface area contributed by atoms with E-state index in [1.165, 1.54) is 23.0 Å². The van der Waals surface area contributed by atoms with Crippen LogP contribution in [0.5, 0.6) is 0 Å². The Morgan fingerprint density at radius 3 is 2.78 bits per heavy atom. The topological polar surface area (TPSA) is 97.1 Å². The molecule has 1 heterocycles. The normalized spacial score (nSPS) is 15.2. The number of halogens is 1.